The molecular formula is C16H19Br2ClO2. The van der Waals surface area contributed by atoms with Gasteiger partial charge in [0, 0.05) is 11.4 Å². The van der Waals surface area contributed by atoms with Crippen molar-refractivity contribution in [3.05, 3.63) is 40.8 Å². The molecule has 0 spiro atoms. The van der Waals surface area contributed by atoms with E-state index in [1.165, 1.54) is 0 Å². The molecule has 0 aromatic carbocycles. The minimum atomic E-state index is -0.421. The molecule has 0 N–H and O–H groups in total. The summed E-state index contributed by atoms with van der Waals surface area (Å²) in [5.41, 5.74) is 2.58. The molecule has 2 rings (SSSR count). The van der Waals surface area contributed by atoms with Crippen molar-refractivity contribution in [1.29, 1.82) is 0 Å². The topological polar surface area (TPSA) is 18.5 Å². The summed E-state index contributed by atoms with van der Waals surface area (Å²) in [4.78, 5) is 1.89. The highest BCUT2D eigenvalue weighted by Gasteiger charge is 2.44. The van der Waals surface area contributed by atoms with Crippen molar-refractivity contribution in [2.24, 2.45) is 0 Å². The Kier molecular flexibility index (Phi) is 6.22. The van der Waals surface area contributed by atoms with Crippen molar-refractivity contribution in [1.82, 2.24) is 0 Å². The lowest BCUT2D eigenvalue weighted by atomic mass is 9.90. The standard InChI is InChI=1S/C16H19Br2ClO2/c1-11-16(2)15(18)8-7-14(21-16)10-12(19)5-6-13(20-11)4-3-9-17/h4-7,9,11-13,15H,8,10H2,1-2H3. The summed E-state index contributed by atoms with van der Waals surface area (Å²) < 4.78 is 12.4. The second-order valence-electron chi connectivity index (χ2n) is 5.45. The fourth-order valence-corrected chi connectivity index (χ4v) is 3.49. The number of rotatable bonds is 1. The first-order chi connectivity index (χ1) is 9.95. The lowest BCUT2D eigenvalue weighted by Gasteiger charge is -2.44. The van der Waals surface area contributed by atoms with E-state index >= 15 is 0 Å². The highest BCUT2D eigenvalue weighted by atomic mass is 79.9. The van der Waals surface area contributed by atoms with Gasteiger partial charge in [-0.3, -0.25) is 0 Å². The SMILES string of the molecule is CC1OC(C=C=CBr)C=CC(Cl)CC2=CCC(Br)C1(C)O2. The van der Waals surface area contributed by atoms with Gasteiger partial charge in [0.25, 0.3) is 0 Å². The zero-order valence-corrected chi connectivity index (χ0v) is 16.0. The van der Waals surface area contributed by atoms with Gasteiger partial charge in [-0.05, 0) is 32.4 Å². The zero-order valence-electron chi connectivity index (χ0n) is 12.1. The van der Waals surface area contributed by atoms with Gasteiger partial charge in [-0.15, -0.1) is 17.3 Å². The second kappa shape index (κ2) is 7.52. The van der Waals surface area contributed by atoms with Gasteiger partial charge in [-0.25, -0.2) is 0 Å². The normalized spacial score (nSPS) is 39.6. The first-order valence-corrected chi connectivity index (χ1v) is 9.23. The largest absolute Gasteiger partial charge is 0.488 e. The van der Waals surface area contributed by atoms with Gasteiger partial charge in [-0.2, -0.15) is 0 Å². The van der Waals surface area contributed by atoms with Crippen LogP contribution in [0.5, 0.6) is 0 Å². The van der Waals surface area contributed by atoms with Crippen LogP contribution in [0.25, 0.3) is 0 Å². The summed E-state index contributed by atoms with van der Waals surface area (Å²) in [5, 5.41) is -0.103. The summed E-state index contributed by atoms with van der Waals surface area (Å²) in [5.74, 6) is 0.947. The molecule has 116 valence electrons. The Morgan fingerprint density at radius 3 is 2.95 bits per heavy atom. The van der Waals surface area contributed by atoms with E-state index in [4.69, 9.17) is 21.1 Å². The molecule has 0 radical (unpaired) electrons. The summed E-state index contributed by atoms with van der Waals surface area (Å²) in [6, 6.07) is 0. The lowest BCUT2D eigenvalue weighted by Crippen LogP contribution is -2.51. The molecule has 0 saturated heterocycles. The Balaban J connectivity index is 2.33. The Hall–Kier alpha value is 0.01000. The number of alkyl halides is 2. The van der Waals surface area contributed by atoms with Gasteiger partial charge in [-0.1, -0.05) is 44.0 Å². The van der Waals surface area contributed by atoms with Crippen LogP contribution in [0.4, 0.5) is 0 Å². The van der Waals surface area contributed by atoms with E-state index in [1.54, 1.807) is 4.99 Å². The van der Waals surface area contributed by atoms with E-state index in [9.17, 15) is 0 Å². The zero-order chi connectivity index (χ0) is 15.5. The maximum atomic E-state index is 6.36. The van der Waals surface area contributed by atoms with Crippen LogP contribution < -0.4 is 0 Å². The van der Waals surface area contributed by atoms with Crippen LogP contribution in [0.2, 0.25) is 0 Å². The molecular weight excluding hydrogens is 419 g/mol. The van der Waals surface area contributed by atoms with Crippen molar-refractivity contribution in [2.75, 3.05) is 0 Å². The van der Waals surface area contributed by atoms with E-state index in [0.717, 1.165) is 12.2 Å². The number of ether oxygens (including phenoxy) is 2. The number of hydrogen-bond donors (Lipinski definition) is 0. The van der Waals surface area contributed by atoms with E-state index in [0.29, 0.717) is 6.42 Å². The summed E-state index contributed by atoms with van der Waals surface area (Å²) in [6.45, 7) is 4.13. The number of allylic oxidation sites excluding steroid dienone is 3. The summed E-state index contributed by atoms with van der Waals surface area (Å²) in [6.07, 6.45) is 9.26. The molecule has 2 bridgehead atoms. The highest BCUT2D eigenvalue weighted by molar-refractivity contribution is 9.11. The Bertz CT molecular complexity index is 497. The first kappa shape index (κ1) is 17.4. The minimum absolute atomic E-state index is 0.0829. The van der Waals surface area contributed by atoms with Gasteiger partial charge >= 0.3 is 0 Å². The molecule has 2 nitrogen and oxygen atoms in total. The molecule has 5 unspecified atom stereocenters. The summed E-state index contributed by atoms with van der Waals surface area (Å²) >= 11 is 13.3. The maximum absolute atomic E-state index is 6.36. The fourth-order valence-electron chi connectivity index (χ4n) is 2.45. The third kappa shape index (κ3) is 4.27. The molecule has 0 fully saturated rings. The van der Waals surface area contributed by atoms with E-state index < -0.39 is 5.60 Å². The molecule has 2 aliphatic heterocycles. The van der Waals surface area contributed by atoms with Crippen LogP contribution in [0.3, 0.4) is 0 Å². The van der Waals surface area contributed by atoms with Crippen molar-refractivity contribution in [3.8, 4) is 0 Å². The quantitative estimate of drug-likeness (QED) is 0.318. The molecule has 0 aliphatic carbocycles. The molecule has 0 saturated carbocycles. The molecule has 5 atom stereocenters. The molecule has 2 heterocycles. The maximum Gasteiger partial charge on any atom is 0.144 e. The monoisotopic (exact) mass is 436 g/mol. The van der Waals surface area contributed by atoms with Crippen molar-refractivity contribution >= 4 is 43.5 Å². The first-order valence-electron chi connectivity index (χ1n) is 6.97. The van der Waals surface area contributed by atoms with Gasteiger partial charge < -0.3 is 9.47 Å². The highest BCUT2D eigenvalue weighted by Crippen LogP contribution is 2.39. The smallest absolute Gasteiger partial charge is 0.144 e. The molecule has 5 heteroatoms. The average Bonchev–Trinajstić information content (AvgIpc) is 2.45. The molecule has 2 aliphatic rings. The number of fused-ring (bicyclic) bond motifs is 2. The van der Waals surface area contributed by atoms with Crippen LogP contribution in [-0.2, 0) is 9.47 Å². The Morgan fingerprint density at radius 1 is 1.48 bits per heavy atom. The van der Waals surface area contributed by atoms with Gasteiger partial charge in [0.15, 0.2) is 0 Å². The van der Waals surface area contributed by atoms with Crippen molar-refractivity contribution in [3.63, 3.8) is 0 Å². The lowest BCUT2D eigenvalue weighted by molar-refractivity contribution is -0.118. The van der Waals surface area contributed by atoms with Gasteiger partial charge in [0.05, 0.1) is 22.1 Å². The molecule has 0 amide bonds. The Labute approximate surface area is 148 Å². The average molecular weight is 439 g/mol. The van der Waals surface area contributed by atoms with Gasteiger partial charge in [0.2, 0.25) is 0 Å². The Morgan fingerprint density at radius 2 is 2.24 bits per heavy atom. The van der Waals surface area contributed by atoms with Crippen LogP contribution in [0, 0.1) is 0 Å². The van der Waals surface area contributed by atoms with Crippen LogP contribution >= 0.6 is 43.5 Å². The van der Waals surface area contributed by atoms with E-state index in [1.807, 2.05) is 25.2 Å². The minimum Gasteiger partial charge on any atom is -0.488 e. The third-order valence-electron chi connectivity index (χ3n) is 3.92. The molecule has 0 aromatic rings. The summed E-state index contributed by atoms with van der Waals surface area (Å²) in [7, 11) is 0. The van der Waals surface area contributed by atoms with E-state index in [2.05, 4.69) is 50.6 Å². The van der Waals surface area contributed by atoms with E-state index in [-0.39, 0.29) is 22.4 Å². The van der Waals surface area contributed by atoms with Crippen LogP contribution in [-0.4, -0.2) is 28.0 Å². The van der Waals surface area contributed by atoms with Crippen molar-refractivity contribution < 1.29 is 9.47 Å². The van der Waals surface area contributed by atoms with Crippen LogP contribution in [0.15, 0.2) is 40.8 Å². The predicted octanol–water partition coefficient (Wildman–Crippen LogP) is 5.22. The fraction of sp³-hybridized carbons (Fsp3) is 0.562. The van der Waals surface area contributed by atoms with Crippen LogP contribution in [0.1, 0.15) is 26.7 Å². The third-order valence-corrected chi connectivity index (χ3v) is 5.77. The van der Waals surface area contributed by atoms with Gasteiger partial charge in [0.1, 0.15) is 11.7 Å². The second-order valence-corrected chi connectivity index (χ2v) is 7.57. The number of hydrogen-bond acceptors (Lipinski definition) is 2. The number of halogens is 3. The predicted molar refractivity (Wildman–Crippen MR) is 94.2 cm³/mol. The molecule has 21 heavy (non-hydrogen) atoms. The van der Waals surface area contributed by atoms with Crippen molar-refractivity contribution in [2.45, 2.75) is 54.7 Å². The molecule has 0 aromatic heterocycles.